The van der Waals surface area contributed by atoms with E-state index in [2.05, 4.69) is 0 Å². The molecule has 1 atom stereocenters. The van der Waals surface area contributed by atoms with Crippen LogP contribution in [0.4, 0.5) is 0 Å². The van der Waals surface area contributed by atoms with E-state index in [0.717, 1.165) is 36.5 Å². The lowest BCUT2D eigenvalue weighted by molar-refractivity contribution is 0.0315. The summed E-state index contributed by atoms with van der Waals surface area (Å²) in [5.74, 6) is 0.782. The van der Waals surface area contributed by atoms with Crippen LogP contribution in [0.15, 0.2) is 52.4 Å². The lowest BCUT2D eigenvalue weighted by atomic mass is 10.1. The Morgan fingerprint density at radius 3 is 2.93 bits per heavy atom. The van der Waals surface area contributed by atoms with E-state index in [-0.39, 0.29) is 11.7 Å². The SMILES string of the molecule is Cc1cccc(-n2c(SC[C@@H]3CCCCO3)nc3cc(Cl)ccc3c2=O)c1. The van der Waals surface area contributed by atoms with Gasteiger partial charge in [0.1, 0.15) is 0 Å². The molecule has 1 aliphatic heterocycles. The minimum absolute atomic E-state index is 0.0747. The van der Waals surface area contributed by atoms with E-state index in [1.54, 1.807) is 34.5 Å². The third-order valence-corrected chi connectivity index (χ3v) is 6.04. The number of aromatic nitrogens is 2. The van der Waals surface area contributed by atoms with Crippen LogP contribution in [0.1, 0.15) is 24.8 Å². The highest BCUT2D eigenvalue weighted by molar-refractivity contribution is 7.99. The van der Waals surface area contributed by atoms with Crippen LogP contribution in [-0.4, -0.2) is 28.0 Å². The summed E-state index contributed by atoms with van der Waals surface area (Å²) in [5.41, 5.74) is 2.48. The Labute approximate surface area is 167 Å². The number of nitrogens with zero attached hydrogens (tertiary/aromatic N) is 2. The van der Waals surface area contributed by atoms with E-state index in [4.69, 9.17) is 21.3 Å². The molecule has 1 fully saturated rings. The maximum Gasteiger partial charge on any atom is 0.266 e. The molecule has 4 rings (SSSR count). The van der Waals surface area contributed by atoms with Crippen LogP contribution in [0.2, 0.25) is 5.02 Å². The topological polar surface area (TPSA) is 44.1 Å². The van der Waals surface area contributed by atoms with Crippen molar-refractivity contribution in [3.05, 3.63) is 63.4 Å². The van der Waals surface area contributed by atoms with E-state index in [9.17, 15) is 4.79 Å². The summed E-state index contributed by atoms with van der Waals surface area (Å²) in [5, 5.41) is 1.82. The lowest BCUT2D eigenvalue weighted by Gasteiger charge is -2.22. The van der Waals surface area contributed by atoms with Gasteiger partial charge in [-0.25, -0.2) is 4.98 Å². The Bertz CT molecular complexity index is 1030. The highest BCUT2D eigenvalue weighted by Crippen LogP contribution is 2.26. The molecular formula is C21H21ClN2O2S. The largest absolute Gasteiger partial charge is 0.377 e. The highest BCUT2D eigenvalue weighted by Gasteiger charge is 2.18. The van der Waals surface area contributed by atoms with Gasteiger partial charge in [-0.15, -0.1) is 0 Å². The summed E-state index contributed by atoms with van der Waals surface area (Å²) in [7, 11) is 0. The molecule has 2 aromatic carbocycles. The van der Waals surface area contributed by atoms with Gasteiger partial charge in [-0.3, -0.25) is 9.36 Å². The standard InChI is InChI=1S/C21H21ClN2O2S/c1-14-5-4-6-16(11-14)24-20(25)18-9-8-15(22)12-19(18)23-21(24)27-13-17-7-2-3-10-26-17/h4-6,8-9,11-12,17H,2-3,7,10,13H2,1H3/t17-/m0/s1. The van der Waals surface area contributed by atoms with Gasteiger partial charge >= 0.3 is 0 Å². The zero-order valence-electron chi connectivity index (χ0n) is 15.2. The Kier molecular flexibility index (Phi) is 5.53. The smallest absolute Gasteiger partial charge is 0.266 e. The first kappa shape index (κ1) is 18.5. The monoisotopic (exact) mass is 400 g/mol. The Hall–Kier alpha value is -1.82. The average Bonchev–Trinajstić information content (AvgIpc) is 2.67. The molecule has 2 heterocycles. The Balaban J connectivity index is 1.80. The molecule has 0 aliphatic carbocycles. The van der Waals surface area contributed by atoms with Crippen molar-refractivity contribution in [1.82, 2.24) is 9.55 Å². The quantitative estimate of drug-likeness (QED) is 0.456. The molecule has 1 aromatic heterocycles. The zero-order chi connectivity index (χ0) is 18.8. The van der Waals surface area contributed by atoms with Crippen LogP contribution in [0, 0.1) is 6.92 Å². The fraction of sp³-hybridized carbons (Fsp3) is 0.333. The van der Waals surface area contributed by atoms with Gasteiger partial charge in [0.05, 0.1) is 22.7 Å². The van der Waals surface area contributed by atoms with Crippen molar-refractivity contribution >= 4 is 34.3 Å². The van der Waals surface area contributed by atoms with Gasteiger partial charge in [0.15, 0.2) is 5.16 Å². The van der Waals surface area contributed by atoms with Crippen molar-refractivity contribution < 1.29 is 4.74 Å². The van der Waals surface area contributed by atoms with Gasteiger partial charge in [-0.1, -0.05) is 35.5 Å². The van der Waals surface area contributed by atoms with Gasteiger partial charge in [-0.05, 0) is 62.1 Å². The molecule has 1 saturated heterocycles. The molecular weight excluding hydrogens is 380 g/mol. The second-order valence-electron chi connectivity index (χ2n) is 6.84. The molecule has 0 saturated carbocycles. The normalized spacial score (nSPS) is 17.3. The molecule has 140 valence electrons. The molecule has 0 radical (unpaired) electrons. The number of fused-ring (bicyclic) bond motifs is 1. The minimum Gasteiger partial charge on any atom is -0.377 e. The summed E-state index contributed by atoms with van der Waals surface area (Å²) < 4.78 is 7.55. The second kappa shape index (κ2) is 8.05. The van der Waals surface area contributed by atoms with Crippen LogP contribution in [0.3, 0.4) is 0 Å². The number of hydrogen-bond acceptors (Lipinski definition) is 4. The second-order valence-corrected chi connectivity index (χ2v) is 8.26. The fourth-order valence-corrected chi connectivity index (χ4v) is 4.58. The summed E-state index contributed by atoms with van der Waals surface area (Å²) in [6, 6.07) is 13.2. The fourth-order valence-electron chi connectivity index (χ4n) is 3.34. The van der Waals surface area contributed by atoms with Crippen LogP contribution in [0.25, 0.3) is 16.6 Å². The molecule has 0 amide bonds. The predicted octanol–water partition coefficient (Wildman–Crippen LogP) is 5.01. The summed E-state index contributed by atoms with van der Waals surface area (Å²) in [6.45, 7) is 2.84. The van der Waals surface area contributed by atoms with Gasteiger partial charge in [0.2, 0.25) is 0 Å². The number of aryl methyl sites for hydroxylation is 1. The average molecular weight is 401 g/mol. The third-order valence-electron chi connectivity index (χ3n) is 4.73. The summed E-state index contributed by atoms with van der Waals surface area (Å²) >= 11 is 7.70. The molecule has 0 unspecified atom stereocenters. The molecule has 3 aromatic rings. The third kappa shape index (κ3) is 4.05. The van der Waals surface area contributed by atoms with Crippen molar-refractivity contribution in [1.29, 1.82) is 0 Å². The molecule has 6 heteroatoms. The van der Waals surface area contributed by atoms with Crippen LogP contribution >= 0.6 is 23.4 Å². The lowest BCUT2D eigenvalue weighted by Crippen LogP contribution is -2.24. The minimum atomic E-state index is -0.0747. The number of rotatable bonds is 4. The first-order chi connectivity index (χ1) is 13.1. The Morgan fingerprint density at radius 2 is 2.15 bits per heavy atom. The van der Waals surface area contributed by atoms with Crippen molar-refractivity contribution in [2.75, 3.05) is 12.4 Å². The molecule has 0 spiro atoms. The van der Waals surface area contributed by atoms with Crippen molar-refractivity contribution in [3.8, 4) is 5.69 Å². The number of thioether (sulfide) groups is 1. The molecule has 1 aliphatic rings. The first-order valence-electron chi connectivity index (χ1n) is 9.15. The molecule has 0 N–H and O–H groups in total. The molecule has 27 heavy (non-hydrogen) atoms. The molecule has 0 bridgehead atoms. The number of ether oxygens (including phenoxy) is 1. The maximum absolute atomic E-state index is 13.3. The predicted molar refractivity (Wildman–Crippen MR) is 111 cm³/mol. The number of benzene rings is 2. The van der Waals surface area contributed by atoms with Gasteiger partial charge < -0.3 is 4.74 Å². The van der Waals surface area contributed by atoms with Gasteiger partial charge in [-0.2, -0.15) is 0 Å². The van der Waals surface area contributed by atoms with E-state index in [1.165, 1.54) is 6.42 Å². The first-order valence-corrected chi connectivity index (χ1v) is 10.5. The van der Waals surface area contributed by atoms with Crippen LogP contribution in [-0.2, 0) is 4.74 Å². The van der Waals surface area contributed by atoms with Crippen molar-refractivity contribution in [3.63, 3.8) is 0 Å². The summed E-state index contributed by atoms with van der Waals surface area (Å²) in [4.78, 5) is 18.0. The van der Waals surface area contributed by atoms with Crippen molar-refractivity contribution in [2.24, 2.45) is 0 Å². The number of hydrogen-bond donors (Lipinski definition) is 0. The van der Waals surface area contributed by atoms with E-state index >= 15 is 0 Å². The zero-order valence-corrected chi connectivity index (χ0v) is 16.7. The van der Waals surface area contributed by atoms with Gasteiger partial charge in [0, 0.05) is 17.4 Å². The van der Waals surface area contributed by atoms with E-state index in [1.807, 2.05) is 31.2 Å². The maximum atomic E-state index is 13.3. The molecule has 4 nitrogen and oxygen atoms in total. The summed E-state index contributed by atoms with van der Waals surface area (Å²) in [6.07, 6.45) is 3.58. The van der Waals surface area contributed by atoms with E-state index in [0.29, 0.717) is 21.1 Å². The number of halogens is 1. The highest BCUT2D eigenvalue weighted by atomic mass is 35.5. The van der Waals surface area contributed by atoms with Crippen molar-refractivity contribution in [2.45, 2.75) is 37.4 Å². The van der Waals surface area contributed by atoms with Gasteiger partial charge in [0.25, 0.3) is 5.56 Å². The van der Waals surface area contributed by atoms with E-state index < -0.39 is 0 Å². The Morgan fingerprint density at radius 1 is 1.26 bits per heavy atom. The van der Waals surface area contributed by atoms with Crippen LogP contribution in [0.5, 0.6) is 0 Å². The van der Waals surface area contributed by atoms with Crippen LogP contribution < -0.4 is 5.56 Å².